The summed E-state index contributed by atoms with van der Waals surface area (Å²) < 4.78 is 1.31. The van der Waals surface area contributed by atoms with Crippen molar-refractivity contribution in [2.45, 2.75) is 25.0 Å². The first-order chi connectivity index (χ1) is 11.9. The highest BCUT2D eigenvalue weighted by Crippen LogP contribution is 2.22. The van der Waals surface area contributed by atoms with Gasteiger partial charge >= 0.3 is 0 Å². The van der Waals surface area contributed by atoms with Crippen molar-refractivity contribution in [1.29, 1.82) is 0 Å². The molecule has 0 radical (unpaired) electrons. The molecule has 25 heavy (non-hydrogen) atoms. The van der Waals surface area contributed by atoms with Crippen LogP contribution in [0.3, 0.4) is 0 Å². The van der Waals surface area contributed by atoms with Gasteiger partial charge in [-0.3, -0.25) is 9.59 Å². The second-order valence-corrected chi connectivity index (χ2v) is 6.53. The number of nitrogens with zero attached hydrogens (tertiary/aromatic N) is 3. The maximum Gasteiger partial charge on any atom is 0.242 e. The van der Waals surface area contributed by atoms with Crippen LogP contribution in [0.15, 0.2) is 29.4 Å². The van der Waals surface area contributed by atoms with Gasteiger partial charge in [-0.1, -0.05) is 23.4 Å². The molecule has 0 saturated heterocycles. The standard InChI is InChI=1S/C15H19ClN6O2S/c1-3-18-14(24)9(2)19-12(23)8-25-15-21-20-13(22(15)17)10-4-6-11(16)7-5-10/h4-7,9H,3,8,17H2,1-2H3,(H,18,24)(H,19,23)/t9-/m1/s1. The number of nitrogen functional groups attached to an aromatic ring is 1. The SMILES string of the molecule is CCNC(=O)[C@@H](C)NC(=O)CSc1nnc(-c2ccc(Cl)cc2)n1N. The molecular weight excluding hydrogens is 364 g/mol. The van der Waals surface area contributed by atoms with E-state index in [4.69, 9.17) is 17.4 Å². The van der Waals surface area contributed by atoms with Crippen LogP contribution in [0.4, 0.5) is 0 Å². The molecule has 0 saturated carbocycles. The average molecular weight is 383 g/mol. The molecule has 2 aromatic rings. The number of carbonyl (C=O) groups excluding carboxylic acids is 2. The lowest BCUT2D eigenvalue weighted by Gasteiger charge is -2.12. The molecule has 4 N–H and O–H groups in total. The minimum absolute atomic E-state index is 0.0691. The summed E-state index contributed by atoms with van der Waals surface area (Å²) >= 11 is 7.00. The van der Waals surface area contributed by atoms with Gasteiger partial charge in [0, 0.05) is 17.1 Å². The first-order valence-corrected chi connectivity index (χ1v) is 8.95. The third-order valence-electron chi connectivity index (χ3n) is 3.22. The summed E-state index contributed by atoms with van der Waals surface area (Å²) in [6, 6.07) is 6.42. The Kier molecular flexibility index (Phi) is 6.65. The number of nitrogens with one attached hydrogen (secondary N) is 2. The Bertz CT molecular complexity index is 749. The monoisotopic (exact) mass is 382 g/mol. The van der Waals surface area contributed by atoms with E-state index >= 15 is 0 Å². The van der Waals surface area contributed by atoms with Crippen molar-refractivity contribution in [3.8, 4) is 11.4 Å². The average Bonchev–Trinajstić information content (AvgIpc) is 2.94. The summed E-state index contributed by atoms with van der Waals surface area (Å²) in [7, 11) is 0. The maximum absolute atomic E-state index is 11.9. The van der Waals surface area contributed by atoms with E-state index < -0.39 is 6.04 Å². The van der Waals surface area contributed by atoms with Gasteiger partial charge in [-0.05, 0) is 38.1 Å². The lowest BCUT2D eigenvalue weighted by molar-refractivity contribution is -0.127. The van der Waals surface area contributed by atoms with E-state index in [-0.39, 0.29) is 17.6 Å². The molecule has 0 unspecified atom stereocenters. The van der Waals surface area contributed by atoms with Gasteiger partial charge in [0.25, 0.3) is 0 Å². The minimum Gasteiger partial charge on any atom is -0.355 e. The predicted octanol–water partition coefficient (Wildman–Crippen LogP) is 1.05. The van der Waals surface area contributed by atoms with E-state index in [1.54, 1.807) is 31.2 Å². The third kappa shape index (κ3) is 5.10. The van der Waals surface area contributed by atoms with Crippen molar-refractivity contribution < 1.29 is 9.59 Å². The summed E-state index contributed by atoms with van der Waals surface area (Å²) in [5, 5.41) is 14.3. The Hall–Kier alpha value is -2.26. The Morgan fingerprint density at radius 3 is 2.64 bits per heavy atom. The molecular formula is C15H19ClN6O2S. The number of halogens is 1. The number of nitrogens with two attached hydrogens (primary N) is 1. The Morgan fingerprint density at radius 2 is 2.00 bits per heavy atom. The van der Waals surface area contributed by atoms with Gasteiger partial charge in [0.15, 0.2) is 5.82 Å². The van der Waals surface area contributed by atoms with Gasteiger partial charge in [-0.25, -0.2) is 4.68 Å². The van der Waals surface area contributed by atoms with E-state index in [9.17, 15) is 9.59 Å². The predicted molar refractivity (Wildman–Crippen MR) is 97.6 cm³/mol. The molecule has 0 aliphatic rings. The van der Waals surface area contributed by atoms with E-state index in [2.05, 4.69) is 20.8 Å². The van der Waals surface area contributed by atoms with Crippen LogP contribution in [0.25, 0.3) is 11.4 Å². The summed E-state index contributed by atoms with van der Waals surface area (Å²) in [5.41, 5.74) is 0.764. The number of benzene rings is 1. The summed E-state index contributed by atoms with van der Waals surface area (Å²) in [4.78, 5) is 23.5. The molecule has 0 fully saturated rings. The third-order valence-corrected chi connectivity index (χ3v) is 4.42. The van der Waals surface area contributed by atoms with Crippen molar-refractivity contribution in [3.05, 3.63) is 29.3 Å². The maximum atomic E-state index is 11.9. The molecule has 10 heteroatoms. The summed E-state index contributed by atoms with van der Waals surface area (Å²) in [6.07, 6.45) is 0. The first kappa shape index (κ1) is 19.1. The number of rotatable bonds is 7. The van der Waals surface area contributed by atoms with Gasteiger partial charge in [0.05, 0.1) is 5.75 Å². The van der Waals surface area contributed by atoms with E-state index in [1.165, 1.54) is 4.68 Å². The fraction of sp³-hybridized carbons (Fsp3) is 0.333. The van der Waals surface area contributed by atoms with Crippen LogP contribution in [0.5, 0.6) is 0 Å². The Morgan fingerprint density at radius 1 is 1.32 bits per heavy atom. The molecule has 1 aromatic carbocycles. The van der Waals surface area contributed by atoms with Crippen LogP contribution >= 0.6 is 23.4 Å². The van der Waals surface area contributed by atoms with Crippen LogP contribution in [0.1, 0.15) is 13.8 Å². The van der Waals surface area contributed by atoms with Crippen molar-refractivity contribution in [3.63, 3.8) is 0 Å². The molecule has 0 aliphatic heterocycles. The van der Waals surface area contributed by atoms with Crippen molar-refractivity contribution in [2.75, 3.05) is 18.1 Å². The van der Waals surface area contributed by atoms with Gasteiger partial charge in [0.1, 0.15) is 6.04 Å². The number of likely N-dealkylation sites (N-methyl/N-ethyl adjacent to an activating group) is 1. The van der Waals surface area contributed by atoms with E-state index in [0.29, 0.717) is 22.5 Å². The highest BCUT2D eigenvalue weighted by Gasteiger charge is 2.17. The van der Waals surface area contributed by atoms with E-state index in [1.807, 2.05) is 6.92 Å². The molecule has 2 amide bonds. The molecule has 0 bridgehead atoms. The molecule has 1 aromatic heterocycles. The molecule has 0 spiro atoms. The van der Waals surface area contributed by atoms with Gasteiger partial charge in [0.2, 0.25) is 17.0 Å². The zero-order valence-electron chi connectivity index (χ0n) is 13.8. The molecule has 1 heterocycles. The highest BCUT2D eigenvalue weighted by molar-refractivity contribution is 7.99. The summed E-state index contributed by atoms with van der Waals surface area (Å²) in [5.74, 6) is 6.01. The lowest BCUT2D eigenvalue weighted by atomic mass is 10.2. The quantitative estimate of drug-likeness (QED) is 0.487. The van der Waals surface area contributed by atoms with Crippen molar-refractivity contribution >= 4 is 35.2 Å². The smallest absolute Gasteiger partial charge is 0.242 e. The molecule has 1 atom stereocenters. The van der Waals surface area contributed by atoms with Crippen LogP contribution < -0.4 is 16.5 Å². The number of amides is 2. The second kappa shape index (κ2) is 8.72. The van der Waals surface area contributed by atoms with Crippen LogP contribution in [0.2, 0.25) is 5.02 Å². The fourth-order valence-electron chi connectivity index (χ4n) is 1.98. The molecule has 0 aliphatic carbocycles. The zero-order valence-corrected chi connectivity index (χ0v) is 15.4. The van der Waals surface area contributed by atoms with Crippen LogP contribution in [-0.2, 0) is 9.59 Å². The van der Waals surface area contributed by atoms with Crippen LogP contribution in [0, 0.1) is 0 Å². The largest absolute Gasteiger partial charge is 0.355 e. The number of thioether (sulfide) groups is 1. The molecule has 2 rings (SSSR count). The lowest BCUT2D eigenvalue weighted by Crippen LogP contribution is -2.45. The van der Waals surface area contributed by atoms with Gasteiger partial charge < -0.3 is 16.5 Å². The van der Waals surface area contributed by atoms with Gasteiger partial charge in [-0.15, -0.1) is 10.2 Å². The number of hydrogen-bond donors (Lipinski definition) is 3. The number of hydrogen-bond acceptors (Lipinski definition) is 6. The second-order valence-electron chi connectivity index (χ2n) is 5.16. The van der Waals surface area contributed by atoms with Crippen LogP contribution in [-0.4, -0.2) is 45.0 Å². The van der Waals surface area contributed by atoms with Crippen molar-refractivity contribution in [1.82, 2.24) is 25.5 Å². The molecule has 134 valence electrons. The van der Waals surface area contributed by atoms with Gasteiger partial charge in [-0.2, -0.15) is 0 Å². The first-order valence-electron chi connectivity index (χ1n) is 7.58. The zero-order chi connectivity index (χ0) is 18.4. The fourth-order valence-corrected chi connectivity index (χ4v) is 2.77. The highest BCUT2D eigenvalue weighted by atomic mass is 35.5. The number of carbonyl (C=O) groups is 2. The Labute approximate surface area is 154 Å². The summed E-state index contributed by atoms with van der Waals surface area (Å²) in [6.45, 7) is 3.95. The molecule has 8 nitrogen and oxygen atoms in total. The number of aromatic nitrogens is 3. The minimum atomic E-state index is -0.603. The Balaban J connectivity index is 1.94. The topological polar surface area (TPSA) is 115 Å². The normalized spacial score (nSPS) is 11.8. The van der Waals surface area contributed by atoms with E-state index in [0.717, 1.165) is 17.3 Å². The van der Waals surface area contributed by atoms with Crippen molar-refractivity contribution in [2.24, 2.45) is 0 Å².